The van der Waals surface area contributed by atoms with Gasteiger partial charge >= 0.3 is 0 Å². The van der Waals surface area contributed by atoms with Crippen molar-refractivity contribution < 1.29 is 17.9 Å². The highest BCUT2D eigenvalue weighted by molar-refractivity contribution is 8.26. The van der Waals surface area contributed by atoms with Crippen LogP contribution in [0.25, 0.3) is 11.7 Å². The number of thioether (sulfide) groups is 1. The van der Waals surface area contributed by atoms with Gasteiger partial charge in [0.05, 0.1) is 22.5 Å². The molecule has 2 saturated heterocycles. The van der Waals surface area contributed by atoms with Crippen LogP contribution >= 0.6 is 24.0 Å². The first-order valence-electron chi connectivity index (χ1n) is 10.5. The van der Waals surface area contributed by atoms with E-state index in [0.717, 1.165) is 17.3 Å². The highest BCUT2D eigenvalue weighted by Gasteiger charge is 2.42. The van der Waals surface area contributed by atoms with E-state index in [-0.39, 0.29) is 32.2 Å². The van der Waals surface area contributed by atoms with Crippen molar-refractivity contribution in [2.24, 2.45) is 0 Å². The van der Waals surface area contributed by atoms with Gasteiger partial charge in [-0.1, -0.05) is 48.2 Å². The Morgan fingerprint density at radius 2 is 1.94 bits per heavy atom. The molecule has 1 amide bonds. The summed E-state index contributed by atoms with van der Waals surface area (Å²) >= 11 is 6.43. The normalized spacial score (nSPS) is 21.0. The summed E-state index contributed by atoms with van der Waals surface area (Å²) in [6.45, 7) is 1.88. The molecule has 1 unspecified atom stereocenters. The second kappa shape index (κ2) is 8.64. The van der Waals surface area contributed by atoms with Crippen LogP contribution in [-0.2, 0) is 14.6 Å². The number of rotatable bonds is 4. The van der Waals surface area contributed by atoms with Gasteiger partial charge in [-0.15, -0.1) is 0 Å². The van der Waals surface area contributed by atoms with Crippen LogP contribution in [0.1, 0.15) is 17.5 Å². The maximum Gasteiger partial charge on any atom is 0.269 e. The van der Waals surface area contributed by atoms with E-state index in [1.807, 2.05) is 25.1 Å². The summed E-state index contributed by atoms with van der Waals surface area (Å²) in [7, 11) is -3.20. The molecule has 5 rings (SSSR count). The summed E-state index contributed by atoms with van der Waals surface area (Å²) in [5.41, 5.74) is 0.962. The Morgan fingerprint density at radius 3 is 2.68 bits per heavy atom. The number of aromatic nitrogens is 2. The summed E-state index contributed by atoms with van der Waals surface area (Å²) in [5.74, 6) is 0.0934. The molecule has 0 bridgehead atoms. The zero-order valence-corrected chi connectivity index (χ0v) is 20.5. The van der Waals surface area contributed by atoms with E-state index in [9.17, 15) is 18.0 Å². The number of amides is 1. The molecule has 2 aliphatic rings. The van der Waals surface area contributed by atoms with Gasteiger partial charge in [-0.3, -0.25) is 18.9 Å². The number of ether oxygens (including phenoxy) is 1. The van der Waals surface area contributed by atoms with E-state index in [2.05, 4.69) is 4.98 Å². The minimum Gasteiger partial charge on any atom is -0.438 e. The molecule has 0 saturated carbocycles. The highest BCUT2D eigenvalue weighted by Crippen LogP contribution is 2.37. The molecule has 8 nitrogen and oxygen atoms in total. The molecule has 11 heteroatoms. The average molecular weight is 514 g/mol. The van der Waals surface area contributed by atoms with Crippen molar-refractivity contribution in [3.63, 3.8) is 0 Å². The minimum atomic E-state index is -3.20. The molecule has 0 aliphatic carbocycles. The number of aryl methyl sites for hydroxylation is 1. The Morgan fingerprint density at radius 1 is 1.18 bits per heavy atom. The molecular weight excluding hydrogens is 494 g/mol. The lowest BCUT2D eigenvalue weighted by molar-refractivity contribution is -0.123. The predicted octanol–water partition coefficient (Wildman–Crippen LogP) is 3.18. The molecule has 0 spiro atoms. The van der Waals surface area contributed by atoms with Crippen LogP contribution in [0.15, 0.2) is 58.4 Å². The molecule has 2 fully saturated rings. The summed E-state index contributed by atoms with van der Waals surface area (Å²) < 4.78 is 31.5. The number of hydrogen-bond donors (Lipinski definition) is 0. The number of hydrogen-bond acceptors (Lipinski definition) is 8. The molecule has 3 aromatic rings. The van der Waals surface area contributed by atoms with E-state index in [0.29, 0.717) is 17.8 Å². The Labute approximate surface area is 205 Å². The number of nitrogens with zero attached hydrogens (tertiary/aromatic N) is 3. The van der Waals surface area contributed by atoms with Crippen LogP contribution in [-0.4, -0.2) is 50.5 Å². The lowest BCUT2D eigenvalue weighted by Crippen LogP contribution is -2.39. The van der Waals surface area contributed by atoms with Crippen molar-refractivity contribution in [2.75, 3.05) is 11.5 Å². The zero-order valence-electron chi connectivity index (χ0n) is 18.0. The van der Waals surface area contributed by atoms with E-state index < -0.39 is 27.3 Å². The molecule has 1 aromatic carbocycles. The fraction of sp³-hybridized carbons (Fsp3) is 0.217. The highest BCUT2D eigenvalue weighted by atomic mass is 32.2. The zero-order chi connectivity index (χ0) is 24.0. The molecule has 0 radical (unpaired) electrons. The Hall–Kier alpha value is -3.02. The number of thiocarbonyl (C=S) groups is 1. The van der Waals surface area contributed by atoms with Crippen molar-refractivity contribution in [3.05, 3.63) is 75.0 Å². The van der Waals surface area contributed by atoms with Crippen LogP contribution in [0, 0.1) is 6.92 Å². The van der Waals surface area contributed by atoms with Gasteiger partial charge in [0, 0.05) is 6.20 Å². The molecule has 0 N–H and O–H groups in total. The lowest BCUT2D eigenvalue weighted by atomic mass is 10.2. The van der Waals surface area contributed by atoms with Gasteiger partial charge in [0.1, 0.15) is 21.3 Å². The minimum absolute atomic E-state index is 0.0259. The molecule has 2 aromatic heterocycles. The number of benzene rings is 1. The van der Waals surface area contributed by atoms with Crippen LogP contribution in [0.5, 0.6) is 11.6 Å². The maximum absolute atomic E-state index is 13.4. The summed E-state index contributed by atoms with van der Waals surface area (Å²) in [5, 5.41) is 0. The first kappa shape index (κ1) is 22.8. The Bertz CT molecular complexity index is 1540. The van der Waals surface area contributed by atoms with E-state index in [4.69, 9.17) is 17.0 Å². The first-order valence-corrected chi connectivity index (χ1v) is 13.5. The van der Waals surface area contributed by atoms with Gasteiger partial charge in [0.2, 0.25) is 5.88 Å². The molecule has 2 aliphatic heterocycles. The lowest BCUT2D eigenvalue weighted by Gasteiger charge is -2.20. The van der Waals surface area contributed by atoms with Gasteiger partial charge in [0.15, 0.2) is 9.84 Å². The molecule has 1 atom stereocenters. The molecule has 34 heavy (non-hydrogen) atoms. The third-order valence-electron chi connectivity index (χ3n) is 5.71. The van der Waals surface area contributed by atoms with Crippen molar-refractivity contribution in [2.45, 2.75) is 19.4 Å². The number of carbonyl (C=O) groups excluding carboxylic acids is 1. The van der Waals surface area contributed by atoms with Gasteiger partial charge in [-0.05, 0) is 43.2 Å². The SMILES string of the molecule is Cc1ccccc1Oc1nc2ccccn2c(=O)c1/C=C1/SC(=S)N(C2CCS(=O)(=O)C2)C1=O. The maximum atomic E-state index is 13.4. The summed E-state index contributed by atoms with van der Waals surface area (Å²) in [6.07, 6.45) is 3.36. The number of para-hydroxylation sites is 1. The second-order valence-corrected chi connectivity index (χ2v) is 11.9. The van der Waals surface area contributed by atoms with E-state index in [1.165, 1.54) is 15.4 Å². The van der Waals surface area contributed by atoms with Gasteiger partial charge in [-0.2, -0.15) is 4.98 Å². The van der Waals surface area contributed by atoms with Gasteiger partial charge in [0.25, 0.3) is 11.5 Å². The van der Waals surface area contributed by atoms with Crippen LogP contribution in [0.3, 0.4) is 0 Å². The Balaban J connectivity index is 1.60. The summed E-state index contributed by atoms with van der Waals surface area (Å²) in [4.78, 5) is 32.7. The second-order valence-electron chi connectivity index (χ2n) is 8.04. The first-order chi connectivity index (χ1) is 16.2. The number of fused-ring (bicyclic) bond motifs is 1. The van der Waals surface area contributed by atoms with Gasteiger partial charge < -0.3 is 4.74 Å². The fourth-order valence-electron chi connectivity index (χ4n) is 3.96. The van der Waals surface area contributed by atoms with E-state index in [1.54, 1.807) is 30.5 Å². The molecular formula is C23H19N3O5S3. The molecule has 4 heterocycles. The third-order valence-corrected chi connectivity index (χ3v) is 8.79. The van der Waals surface area contributed by atoms with Crippen LogP contribution in [0.4, 0.5) is 0 Å². The van der Waals surface area contributed by atoms with Gasteiger partial charge in [-0.25, -0.2) is 8.42 Å². The number of carbonyl (C=O) groups is 1. The van der Waals surface area contributed by atoms with E-state index >= 15 is 0 Å². The average Bonchev–Trinajstić information content (AvgIpc) is 3.29. The summed E-state index contributed by atoms with van der Waals surface area (Å²) in [6, 6.07) is 12.0. The van der Waals surface area contributed by atoms with Crippen molar-refractivity contribution in [1.29, 1.82) is 0 Å². The van der Waals surface area contributed by atoms with Crippen molar-refractivity contribution in [3.8, 4) is 11.6 Å². The van der Waals surface area contributed by atoms with Crippen molar-refractivity contribution >= 4 is 55.8 Å². The fourth-order valence-corrected chi connectivity index (χ4v) is 7.05. The quantitative estimate of drug-likeness (QED) is 0.388. The number of sulfone groups is 1. The topological polar surface area (TPSA) is 98.1 Å². The standard InChI is InChI=1S/C23H19N3O5S3/c1-14-6-2-3-7-17(14)31-20-16(21(27)25-10-5-4-8-19(25)24-20)12-18-22(28)26(23(32)33-18)15-9-11-34(29,30)13-15/h2-8,10,12,15H,9,11,13H2,1H3/b18-12+. The molecule has 174 valence electrons. The Kier molecular flexibility index (Phi) is 5.78. The largest absolute Gasteiger partial charge is 0.438 e. The van der Waals surface area contributed by atoms with Crippen LogP contribution < -0.4 is 10.3 Å². The van der Waals surface area contributed by atoms with Crippen molar-refractivity contribution in [1.82, 2.24) is 14.3 Å². The predicted molar refractivity (Wildman–Crippen MR) is 135 cm³/mol. The van der Waals surface area contributed by atoms with Crippen LogP contribution in [0.2, 0.25) is 0 Å². The third kappa shape index (κ3) is 4.15. The number of pyridine rings is 1. The smallest absolute Gasteiger partial charge is 0.269 e. The monoisotopic (exact) mass is 513 g/mol.